The summed E-state index contributed by atoms with van der Waals surface area (Å²) in [4.78, 5) is 0. The van der Waals surface area contributed by atoms with E-state index in [-0.39, 0.29) is 0 Å². The fourth-order valence-corrected chi connectivity index (χ4v) is 8.67. The van der Waals surface area contributed by atoms with Crippen molar-refractivity contribution in [1.82, 2.24) is 0 Å². The SMILES string of the molecule is Cc1ccc2c(-c3cccc4c3sc3ccccc34)c3ccccc3c(-c3cccc(CCCCCCCCCCS)c3)c2c1. The zero-order valence-electron chi connectivity index (χ0n) is 26.3. The number of thiol groups is 1. The largest absolute Gasteiger partial charge is 0.179 e. The van der Waals surface area contributed by atoms with Gasteiger partial charge in [-0.2, -0.15) is 12.6 Å². The van der Waals surface area contributed by atoms with Crippen molar-refractivity contribution in [2.45, 2.75) is 64.7 Å². The van der Waals surface area contributed by atoms with Crippen LogP contribution in [-0.4, -0.2) is 5.75 Å². The fourth-order valence-electron chi connectivity index (χ4n) is 7.22. The van der Waals surface area contributed by atoms with Gasteiger partial charge in [-0.3, -0.25) is 0 Å². The van der Waals surface area contributed by atoms with Gasteiger partial charge in [-0.15, -0.1) is 11.3 Å². The number of rotatable bonds is 12. The third kappa shape index (κ3) is 6.16. The number of unbranched alkanes of at least 4 members (excludes halogenated alkanes) is 7. The molecule has 7 rings (SSSR count). The van der Waals surface area contributed by atoms with Crippen molar-refractivity contribution in [3.63, 3.8) is 0 Å². The van der Waals surface area contributed by atoms with E-state index < -0.39 is 0 Å². The molecule has 0 amide bonds. The predicted molar refractivity (Wildman–Crippen MR) is 204 cm³/mol. The number of hydrogen-bond donors (Lipinski definition) is 1. The van der Waals surface area contributed by atoms with Crippen molar-refractivity contribution in [2.24, 2.45) is 0 Å². The van der Waals surface area contributed by atoms with E-state index in [1.165, 1.54) is 126 Å². The molecule has 6 aromatic carbocycles. The Balaban J connectivity index is 1.29. The van der Waals surface area contributed by atoms with Crippen LogP contribution in [0.3, 0.4) is 0 Å². The first-order valence-corrected chi connectivity index (χ1v) is 18.2. The first-order valence-electron chi connectivity index (χ1n) is 16.8. The van der Waals surface area contributed by atoms with E-state index in [1.54, 1.807) is 0 Å². The summed E-state index contributed by atoms with van der Waals surface area (Å²) in [6, 6.07) is 41.2. The first kappa shape index (κ1) is 30.1. The summed E-state index contributed by atoms with van der Waals surface area (Å²) in [5.41, 5.74) is 8.12. The van der Waals surface area contributed by atoms with Crippen LogP contribution >= 0.6 is 24.0 Å². The quantitative estimate of drug-likeness (QED) is 0.0782. The molecule has 2 heteroatoms. The van der Waals surface area contributed by atoms with Crippen LogP contribution in [0.4, 0.5) is 0 Å². The normalized spacial score (nSPS) is 11.8. The van der Waals surface area contributed by atoms with Crippen molar-refractivity contribution in [3.8, 4) is 22.3 Å². The van der Waals surface area contributed by atoms with Gasteiger partial charge in [0.05, 0.1) is 0 Å². The Morgan fingerprint density at radius 2 is 1.16 bits per heavy atom. The Hall–Kier alpha value is -3.59. The van der Waals surface area contributed by atoms with Crippen molar-refractivity contribution in [2.75, 3.05) is 5.75 Å². The lowest BCUT2D eigenvalue weighted by atomic mass is 9.84. The molecule has 0 nitrogen and oxygen atoms in total. The summed E-state index contributed by atoms with van der Waals surface area (Å²) in [5.74, 6) is 1.03. The van der Waals surface area contributed by atoms with Gasteiger partial charge in [-0.1, -0.05) is 147 Å². The summed E-state index contributed by atoms with van der Waals surface area (Å²) >= 11 is 6.26. The highest BCUT2D eigenvalue weighted by molar-refractivity contribution is 7.80. The van der Waals surface area contributed by atoms with Crippen LogP contribution < -0.4 is 0 Å². The highest BCUT2D eigenvalue weighted by atomic mass is 32.1. The molecule has 45 heavy (non-hydrogen) atoms. The van der Waals surface area contributed by atoms with Crippen molar-refractivity contribution < 1.29 is 0 Å². The maximum Gasteiger partial charge on any atom is 0.0434 e. The van der Waals surface area contributed by atoms with Crippen LogP contribution in [0.15, 0.2) is 109 Å². The molecule has 0 N–H and O–H groups in total. The zero-order chi connectivity index (χ0) is 30.6. The zero-order valence-corrected chi connectivity index (χ0v) is 28.0. The van der Waals surface area contributed by atoms with Crippen molar-refractivity contribution in [3.05, 3.63) is 120 Å². The van der Waals surface area contributed by atoms with E-state index in [2.05, 4.69) is 129 Å². The van der Waals surface area contributed by atoms with Crippen LogP contribution in [0.2, 0.25) is 0 Å². The Kier molecular flexibility index (Phi) is 9.23. The maximum absolute atomic E-state index is 4.34. The molecule has 0 fully saturated rings. The third-order valence-corrected chi connectivity index (χ3v) is 11.0. The molecule has 0 bridgehead atoms. The van der Waals surface area contributed by atoms with Gasteiger partial charge in [-0.05, 0) is 81.8 Å². The lowest BCUT2D eigenvalue weighted by Gasteiger charge is -2.19. The number of aryl methyl sites for hydroxylation is 2. The van der Waals surface area contributed by atoms with Crippen LogP contribution in [0.5, 0.6) is 0 Å². The molecule has 1 heterocycles. The summed E-state index contributed by atoms with van der Waals surface area (Å²) < 4.78 is 2.72. The molecule has 0 saturated heterocycles. The Morgan fingerprint density at radius 3 is 1.96 bits per heavy atom. The van der Waals surface area contributed by atoms with Gasteiger partial charge >= 0.3 is 0 Å². The van der Waals surface area contributed by atoms with E-state index in [9.17, 15) is 0 Å². The number of hydrogen-bond acceptors (Lipinski definition) is 2. The second-order valence-electron chi connectivity index (χ2n) is 12.6. The molecule has 7 aromatic rings. The van der Waals surface area contributed by atoms with Crippen molar-refractivity contribution >= 4 is 65.7 Å². The molecule has 0 unspecified atom stereocenters. The average molecular weight is 623 g/mol. The van der Waals surface area contributed by atoms with Gasteiger partial charge in [-0.25, -0.2) is 0 Å². The summed E-state index contributed by atoms with van der Waals surface area (Å²) in [7, 11) is 0. The average Bonchev–Trinajstić information content (AvgIpc) is 3.46. The lowest BCUT2D eigenvalue weighted by molar-refractivity contribution is 0.577. The minimum Gasteiger partial charge on any atom is -0.179 e. The molecule has 0 radical (unpaired) electrons. The smallest absolute Gasteiger partial charge is 0.0434 e. The molecule has 0 aliphatic heterocycles. The number of benzene rings is 6. The van der Waals surface area contributed by atoms with Crippen LogP contribution in [-0.2, 0) is 6.42 Å². The second kappa shape index (κ2) is 13.8. The summed E-state index contributed by atoms with van der Waals surface area (Å²) in [5, 5.41) is 8.03. The van der Waals surface area contributed by atoms with Gasteiger partial charge in [0, 0.05) is 25.7 Å². The Labute approximate surface area is 277 Å². The third-order valence-electron chi connectivity index (χ3n) is 9.44. The predicted octanol–water partition coefficient (Wildman–Crippen LogP) is 13.6. The van der Waals surface area contributed by atoms with Gasteiger partial charge in [0.25, 0.3) is 0 Å². The van der Waals surface area contributed by atoms with Crippen LogP contribution in [0, 0.1) is 6.92 Å². The topological polar surface area (TPSA) is 0 Å². The van der Waals surface area contributed by atoms with E-state index in [0.717, 1.165) is 12.2 Å². The molecule has 0 spiro atoms. The number of fused-ring (bicyclic) bond motifs is 5. The highest BCUT2D eigenvalue weighted by Crippen LogP contribution is 2.48. The molecule has 0 aliphatic rings. The lowest BCUT2D eigenvalue weighted by Crippen LogP contribution is -1.93. The highest BCUT2D eigenvalue weighted by Gasteiger charge is 2.19. The summed E-state index contributed by atoms with van der Waals surface area (Å²) in [6.45, 7) is 2.22. The Bertz CT molecular complexity index is 2100. The molecule has 0 saturated carbocycles. The van der Waals surface area contributed by atoms with Gasteiger partial charge in [0.15, 0.2) is 0 Å². The molecular weight excluding hydrogens is 581 g/mol. The van der Waals surface area contributed by atoms with Gasteiger partial charge < -0.3 is 0 Å². The van der Waals surface area contributed by atoms with Gasteiger partial charge in [0.1, 0.15) is 0 Å². The molecule has 226 valence electrons. The van der Waals surface area contributed by atoms with E-state index >= 15 is 0 Å². The van der Waals surface area contributed by atoms with Crippen molar-refractivity contribution in [1.29, 1.82) is 0 Å². The summed E-state index contributed by atoms with van der Waals surface area (Å²) in [6.07, 6.45) is 11.8. The van der Waals surface area contributed by atoms with Gasteiger partial charge in [0.2, 0.25) is 0 Å². The molecular formula is C43H42S2. The second-order valence-corrected chi connectivity index (χ2v) is 14.1. The first-order chi connectivity index (χ1) is 22.2. The fraction of sp³-hybridized carbons (Fsp3) is 0.256. The molecule has 0 atom stereocenters. The van der Waals surface area contributed by atoms with E-state index in [1.807, 2.05) is 11.3 Å². The van der Waals surface area contributed by atoms with E-state index in [0.29, 0.717) is 0 Å². The number of thiophene rings is 1. The van der Waals surface area contributed by atoms with E-state index in [4.69, 9.17) is 0 Å². The van der Waals surface area contributed by atoms with Crippen LogP contribution in [0.1, 0.15) is 62.5 Å². The maximum atomic E-state index is 4.34. The Morgan fingerprint density at radius 1 is 0.511 bits per heavy atom. The molecule has 1 aromatic heterocycles. The minimum atomic E-state index is 1.03. The van der Waals surface area contributed by atoms with Crippen LogP contribution in [0.25, 0.3) is 64.0 Å². The minimum absolute atomic E-state index is 1.03. The monoisotopic (exact) mass is 622 g/mol. The standard InChI is InChI=1S/C43H42S2/c1-30-25-26-36-39(28-30)41(32-18-14-17-31(29-32)16-8-6-4-2-3-5-7-13-27-44)34-20-9-10-21-35(34)42(36)38-23-15-22-37-33-19-11-12-24-40(33)45-43(37)38/h9-12,14-15,17-26,28-29,44H,2-8,13,16,27H2,1H3. The molecule has 0 aliphatic carbocycles.